The Hall–Kier alpha value is -2.17. The van der Waals surface area contributed by atoms with Gasteiger partial charge in [0.1, 0.15) is 11.6 Å². The molecule has 0 aliphatic carbocycles. The molecule has 4 nitrogen and oxygen atoms in total. The van der Waals surface area contributed by atoms with Gasteiger partial charge in [0.2, 0.25) is 0 Å². The second-order valence-corrected chi connectivity index (χ2v) is 7.39. The molecule has 1 aliphatic rings. The van der Waals surface area contributed by atoms with E-state index >= 15 is 0 Å². The number of carbonyl (C=O) groups is 1. The van der Waals surface area contributed by atoms with Crippen LogP contribution >= 0.6 is 0 Å². The maximum absolute atomic E-state index is 11.4. The maximum Gasteiger partial charge on any atom is 0.320 e. The second kappa shape index (κ2) is 8.24. The fraction of sp³-hybridized carbons (Fsp3) is 0.435. The molecule has 0 saturated heterocycles. The highest BCUT2D eigenvalue weighted by atomic mass is 16.5. The van der Waals surface area contributed by atoms with Crippen LogP contribution in [0.1, 0.15) is 55.9 Å². The van der Waals surface area contributed by atoms with Crippen LogP contribution in [0.25, 0.3) is 0 Å². The first-order chi connectivity index (χ1) is 13.0. The summed E-state index contributed by atoms with van der Waals surface area (Å²) in [7, 11) is 1.89. The molecular formula is C23H29NO3. The van der Waals surface area contributed by atoms with Crippen LogP contribution in [-0.4, -0.2) is 35.6 Å². The standard InChI is InChI=1S/C23H29NO3/c1-4-21(22(25)26)24(3)16-10-15-23(18-11-6-5-7-12-18)20-14-9-8-13-19(20)17(2)27-23/h5-9,11-14,17,21H,4,10,15-16H2,1-3H3,(H,25,26)/t17?,21-,23?/m0/s1. The normalized spacial score (nSPS) is 22.6. The molecule has 27 heavy (non-hydrogen) atoms. The molecule has 2 aromatic carbocycles. The molecule has 2 unspecified atom stereocenters. The van der Waals surface area contributed by atoms with Gasteiger partial charge >= 0.3 is 5.97 Å². The Balaban J connectivity index is 1.85. The van der Waals surface area contributed by atoms with E-state index in [2.05, 4.69) is 55.5 Å². The van der Waals surface area contributed by atoms with Crippen molar-refractivity contribution in [3.8, 4) is 0 Å². The summed E-state index contributed by atoms with van der Waals surface area (Å²) in [6, 6.07) is 18.4. The Morgan fingerprint density at radius 3 is 2.52 bits per heavy atom. The minimum atomic E-state index is -0.756. The minimum absolute atomic E-state index is 0.0431. The van der Waals surface area contributed by atoms with Gasteiger partial charge in [-0.05, 0) is 56.5 Å². The Bertz CT molecular complexity index is 776. The molecule has 0 fully saturated rings. The molecule has 0 saturated carbocycles. The molecule has 4 heteroatoms. The SMILES string of the molecule is CC[C@@H](C(=O)O)N(C)CCCC1(c2ccccc2)OC(C)c2ccccc21. The highest BCUT2D eigenvalue weighted by Crippen LogP contribution is 2.49. The molecule has 0 aromatic heterocycles. The van der Waals surface area contributed by atoms with Gasteiger partial charge in [-0.1, -0.05) is 61.5 Å². The van der Waals surface area contributed by atoms with Crippen LogP contribution in [0.4, 0.5) is 0 Å². The Morgan fingerprint density at radius 2 is 1.85 bits per heavy atom. The van der Waals surface area contributed by atoms with Gasteiger partial charge in [0.05, 0.1) is 6.10 Å². The first-order valence-corrected chi connectivity index (χ1v) is 9.75. The van der Waals surface area contributed by atoms with E-state index in [1.807, 2.05) is 24.9 Å². The first kappa shape index (κ1) is 19.6. The largest absolute Gasteiger partial charge is 0.480 e. The van der Waals surface area contributed by atoms with Crippen molar-refractivity contribution in [2.45, 2.75) is 50.9 Å². The van der Waals surface area contributed by atoms with Crippen molar-refractivity contribution in [1.82, 2.24) is 4.90 Å². The average molecular weight is 367 g/mol. The van der Waals surface area contributed by atoms with Crippen molar-refractivity contribution in [2.75, 3.05) is 13.6 Å². The zero-order valence-corrected chi connectivity index (χ0v) is 16.4. The number of rotatable bonds is 8. The van der Waals surface area contributed by atoms with Crippen LogP contribution < -0.4 is 0 Å². The number of carboxylic acids is 1. The monoisotopic (exact) mass is 367 g/mol. The van der Waals surface area contributed by atoms with E-state index in [1.54, 1.807) is 0 Å². The van der Waals surface area contributed by atoms with Crippen molar-refractivity contribution in [3.05, 3.63) is 71.3 Å². The van der Waals surface area contributed by atoms with Crippen molar-refractivity contribution in [2.24, 2.45) is 0 Å². The first-order valence-electron chi connectivity index (χ1n) is 9.75. The molecule has 3 atom stereocenters. The topological polar surface area (TPSA) is 49.8 Å². The Morgan fingerprint density at radius 1 is 1.19 bits per heavy atom. The van der Waals surface area contributed by atoms with Crippen molar-refractivity contribution in [3.63, 3.8) is 0 Å². The molecule has 0 radical (unpaired) electrons. The smallest absolute Gasteiger partial charge is 0.320 e. The van der Waals surface area contributed by atoms with Crippen LogP contribution in [0.5, 0.6) is 0 Å². The van der Waals surface area contributed by atoms with Gasteiger partial charge < -0.3 is 9.84 Å². The quantitative estimate of drug-likeness (QED) is 0.741. The van der Waals surface area contributed by atoms with Crippen LogP contribution in [-0.2, 0) is 15.1 Å². The van der Waals surface area contributed by atoms with E-state index in [4.69, 9.17) is 4.74 Å². The molecule has 2 aromatic rings. The number of hydrogen-bond acceptors (Lipinski definition) is 3. The summed E-state index contributed by atoms with van der Waals surface area (Å²) in [4.78, 5) is 13.4. The van der Waals surface area contributed by atoms with E-state index in [1.165, 1.54) is 11.1 Å². The predicted molar refractivity (Wildman–Crippen MR) is 107 cm³/mol. The lowest BCUT2D eigenvalue weighted by atomic mass is 9.81. The Kier molecular flexibility index (Phi) is 5.98. The molecule has 1 heterocycles. The number of aliphatic carboxylic acids is 1. The van der Waals surface area contributed by atoms with E-state index in [-0.39, 0.29) is 6.10 Å². The number of ether oxygens (including phenoxy) is 1. The molecule has 1 aliphatic heterocycles. The van der Waals surface area contributed by atoms with Crippen molar-refractivity contribution >= 4 is 5.97 Å². The van der Waals surface area contributed by atoms with Gasteiger partial charge in [0, 0.05) is 0 Å². The molecule has 144 valence electrons. The van der Waals surface area contributed by atoms with Crippen LogP contribution in [0.15, 0.2) is 54.6 Å². The minimum Gasteiger partial charge on any atom is -0.480 e. The van der Waals surface area contributed by atoms with E-state index in [0.717, 1.165) is 24.9 Å². The zero-order valence-electron chi connectivity index (χ0n) is 16.4. The number of benzene rings is 2. The fourth-order valence-corrected chi connectivity index (χ4v) is 4.32. The molecule has 0 bridgehead atoms. The number of nitrogens with zero attached hydrogens (tertiary/aromatic N) is 1. The number of likely N-dealkylation sites (N-methyl/N-ethyl adjacent to an activating group) is 1. The number of carboxylic acid groups (broad SMARTS) is 1. The van der Waals surface area contributed by atoms with Crippen LogP contribution in [0.3, 0.4) is 0 Å². The van der Waals surface area contributed by atoms with E-state index in [0.29, 0.717) is 6.42 Å². The third-order valence-electron chi connectivity index (χ3n) is 5.70. The van der Waals surface area contributed by atoms with Crippen LogP contribution in [0, 0.1) is 0 Å². The van der Waals surface area contributed by atoms with Gasteiger partial charge in [-0.3, -0.25) is 9.69 Å². The number of fused-ring (bicyclic) bond motifs is 1. The van der Waals surface area contributed by atoms with Crippen molar-refractivity contribution < 1.29 is 14.6 Å². The fourth-order valence-electron chi connectivity index (χ4n) is 4.32. The predicted octanol–water partition coefficient (Wildman–Crippen LogP) is 4.60. The molecular weight excluding hydrogens is 338 g/mol. The highest BCUT2D eigenvalue weighted by Gasteiger charge is 2.44. The summed E-state index contributed by atoms with van der Waals surface area (Å²) in [5.74, 6) is -0.756. The van der Waals surface area contributed by atoms with E-state index in [9.17, 15) is 9.90 Å². The summed E-state index contributed by atoms with van der Waals surface area (Å²) in [6.45, 7) is 4.74. The lowest BCUT2D eigenvalue weighted by molar-refractivity contribution is -0.142. The average Bonchev–Trinajstić information content (AvgIpc) is 2.96. The lowest BCUT2D eigenvalue weighted by Crippen LogP contribution is -2.39. The Labute approximate surface area is 161 Å². The van der Waals surface area contributed by atoms with Gasteiger partial charge in [-0.15, -0.1) is 0 Å². The second-order valence-electron chi connectivity index (χ2n) is 7.39. The van der Waals surface area contributed by atoms with Gasteiger partial charge in [0.15, 0.2) is 0 Å². The maximum atomic E-state index is 11.4. The summed E-state index contributed by atoms with van der Waals surface area (Å²) in [5, 5.41) is 9.38. The molecule has 0 amide bonds. The van der Waals surface area contributed by atoms with Gasteiger partial charge in [-0.25, -0.2) is 0 Å². The summed E-state index contributed by atoms with van der Waals surface area (Å²) in [6.07, 6.45) is 2.32. The molecule has 3 rings (SSSR count). The lowest BCUT2D eigenvalue weighted by Gasteiger charge is -2.32. The third kappa shape index (κ3) is 3.78. The third-order valence-corrected chi connectivity index (χ3v) is 5.70. The number of hydrogen-bond donors (Lipinski definition) is 1. The molecule has 1 N–H and O–H groups in total. The summed E-state index contributed by atoms with van der Waals surface area (Å²) < 4.78 is 6.59. The van der Waals surface area contributed by atoms with E-state index < -0.39 is 17.6 Å². The van der Waals surface area contributed by atoms with Gasteiger partial charge in [0.25, 0.3) is 0 Å². The van der Waals surface area contributed by atoms with Crippen LogP contribution in [0.2, 0.25) is 0 Å². The molecule has 0 spiro atoms. The van der Waals surface area contributed by atoms with Crippen molar-refractivity contribution in [1.29, 1.82) is 0 Å². The summed E-state index contributed by atoms with van der Waals surface area (Å²) >= 11 is 0. The highest BCUT2D eigenvalue weighted by molar-refractivity contribution is 5.73. The zero-order chi connectivity index (χ0) is 19.4. The summed E-state index contributed by atoms with van der Waals surface area (Å²) in [5.41, 5.74) is 3.17. The van der Waals surface area contributed by atoms with Gasteiger partial charge in [-0.2, -0.15) is 0 Å².